The van der Waals surface area contributed by atoms with Crippen molar-refractivity contribution >= 4 is 7.37 Å². The van der Waals surface area contributed by atoms with Crippen molar-refractivity contribution in [3.8, 4) is 0 Å². The minimum Gasteiger partial charge on any atom is -0.383 e. The summed E-state index contributed by atoms with van der Waals surface area (Å²) in [6, 6.07) is 0. The largest absolute Gasteiger partial charge is 0.383 e. The molecule has 0 aromatic rings. The summed E-state index contributed by atoms with van der Waals surface area (Å²) in [5.41, 5.74) is 5.03. The van der Waals surface area contributed by atoms with Gasteiger partial charge in [0.1, 0.15) is 5.85 Å². The van der Waals surface area contributed by atoms with Crippen molar-refractivity contribution in [1.82, 2.24) is 0 Å². The summed E-state index contributed by atoms with van der Waals surface area (Å²) in [7, 11) is -3.30. The normalized spacial score (nSPS) is 20.9. The molecule has 0 aliphatic carbocycles. The summed E-state index contributed by atoms with van der Waals surface area (Å²) in [5, 5.41) is 8.79. The van der Waals surface area contributed by atoms with Gasteiger partial charge in [-0.05, 0) is 13.0 Å². The number of hydrogen-bond donors (Lipinski definition) is 3. The Kier molecular flexibility index (Phi) is 3.36. The van der Waals surface area contributed by atoms with Crippen LogP contribution in [0, 0.1) is 0 Å². The summed E-state index contributed by atoms with van der Waals surface area (Å²) in [4.78, 5) is 8.67. The van der Waals surface area contributed by atoms with Gasteiger partial charge in [-0.15, -0.1) is 0 Å². The molecule has 0 saturated carbocycles. The predicted molar refractivity (Wildman–Crippen MR) is 35.4 cm³/mol. The van der Waals surface area contributed by atoms with Crippen molar-refractivity contribution in [2.24, 2.45) is 5.73 Å². The molecule has 0 bridgehead atoms. The minimum absolute atomic E-state index is 0.185. The van der Waals surface area contributed by atoms with Crippen LogP contribution in [0.25, 0.3) is 0 Å². The second kappa shape index (κ2) is 3.32. The van der Waals surface area contributed by atoms with Gasteiger partial charge in [-0.3, -0.25) is 4.57 Å². The van der Waals surface area contributed by atoms with Crippen LogP contribution < -0.4 is 5.73 Å². The van der Waals surface area contributed by atoms with Crippen LogP contribution in [0.2, 0.25) is 0 Å². The van der Waals surface area contributed by atoms with Crippen LogP contribution in [0.3, 0.4) is 0 Å². The van der Waals surface area contributed by atoms with E-state index >= 15 is 0 Å². The molecule has 9 heavy (non-hydrogen) atoms. The fourth-order valence-electron chi connectivity index (χ4n) is 0.389. The highest BCUT2D eigenvalue weighted by molar-refractivity contribution is 7.57. The zero-order valence-electron chi connectivity index (χ0n) is 5.32. The SMILES string of the molecule is CP(=O)(O)[C@H](O)CCN. The lowest BCUT2D eigenvalue weighted by Gasteiger charge is -2.11. The van der Waals surface area contributed by atoms with Crippen LogP contribution in [-0.2, 0) is 4.57 Å². The first-order valence-corrected chi connectivity index (χ1v) is 4.84. The van der Waals surface area contributed by atoms with E-state index in [2.05, 4.69) is 0 Å². The molecule has 4 nitrogen and oxygen atoms in total. The Balaban J connectivity index is 3.74. The van der Waals surface area contributed by atoms with Crippen molar-refractivity contribution in [1.29, 1.82) is 0 Å². The predicted octanol–water partition coefficient (Wildman–Crippen LogP) is -0.446. The average Bonchev–Trinajstić information content (AvgIpc) is 1.64. The zero-order chi connectivity index (χ0) is 7.49. The fourth-order valence-corrected chi connectivity index (χ4v) is 1.02. The van der Waals surface area contributed by atoms with E-state index in [9.17, 15) is 4.57 Å². The van der Waals surface area contributed by atoms with E-state index in [1.54, 1.807) is 0 Å². The van der Waals surface area contributed by atoms with Crippen LogP contribution in [0.5, 0.6) is 0 Å². The molecule has 0 radical (unpaired) electrons. The fraction of sp³-hybridized carbons (Fsp3) is 1.00. The number of rotatable bonds is 3. The van der Waals surface area contributed by atoms with E-state index in [0.29, 0.717) is 0 Å². The van der Waals surface area contributed by atoms with Crippen molar-refractivity contribution in [3.63, 3.8) is 0 Å². The summed E-state index contributed by atoms with van der Waals surface area (Å²) in [5.74, 6) is -1.15. The molecule has 0 spiro atoms. The van der Waals surface area contributed by atoms with Crippen molar-refractivity contribution in [2.45, 2.75) is 12.3 Å². The van der Waals surface area contributed by atoms with Crippen LogP contribution in [0.4, 0.5) is 0 Å². The molecule has 0 amide bonds. The lowest BCUT2D eigenvalue weighted by molar-refractivity contribution is 0.224. The van der Waals surface area contributed by atoms with Crippen LogP contribution in [0.1, 0.15) is 6.42 Å². The third-order valence-electron chi connectivity index (χ3n) is 0.978. The first-order valence-electron chi connectivity index (χ1n) is 2.66. The Morgan fingerprint density at radius 1 is 1.78 bits per heavy atom. The highest BCUT2D eigenvalue weighted by Crippen LogP contribution is 2.41. The van der Waals surface area contributed by atoms with Crippen molar-refractivity contribution < 1.29 is 14.6 Å². The second-order valence-corrected chi connectivity index (χ2v) is 4.48. The maximum absolute atomic E-state index is 10.6. The zero-order valence-corrected chi connectivity index (χ0v) is 6.21. The molecule has 56 valence electrons. The molecule has 0 aromatic heterocycles. The number of aliphatic hydroxyl groups excluding tert-OH is 1. The van der Waals surface area contributed by atoms with Crippen LogP contribution in [0.15, 0.2) is 0 Å². The summed E-state index contributed by atoms with van der Waals surface area (Å²) in [6.45, 7) is 1.35. The van der Waals surface area contributed by atoms with Gasteiger partial charge in [-0.25, -0.2) is 0 Å². The molecule has 0 aromatic carbocycles. The van der Waals surface area contributed by atoms with Crippen LogP contribution in [-0.4, -0.2) is 29.1 Å². The average molecular weight is 153 g/mol. The quantitative estimate of drug-likeness (QED) is 0.479. The molecule has 0 aliphatic rings. The Hall–Kier alpha value is 0.110. The third-order valence-corrected chi connectivity index (χ3v) is 2.34. The maximum atomic E-state index is 10.6. The molecular formula is C4H12NO3P. The van der Waals surface area contributed by atoms with Gasteiger partial charge in [0.05, 0.1) is 0 Å². The first-order chi connectivity index (χ1) is 3.98. The standard InChI is InChI=1S/C4H12NO3P/c1-9(7,8)4(6)2-3-5/h4,6H,2-3,5H2,1H3,(H,7,8)/t4-/m0/s1. The molecule has 0 saturated heterocycles. The number of hydrogen-bond acceptors (Lipinski definition) is 3. The van der Waals surface area contributed by atoms with Gasteiger partial charge in [0.15, 0.2) is 0 Å². The Bertz CT molecular complexity index is 121. The van der Waals surface area contributed by atoms with E-state index in [-0.39, 0.29) is 13.0 Å². The van der Waals surface area contributed by atoms with Gasteiger partial charge < -0.3 is 15.7 Å². The monoisotopic (exact) mass is 153 g/mol. The molecule has 0 heterocycles. The highest BCUT2D eigenvalue weighted by Gasteiger charge is 2.21. The minimum atomic E-state index is -3.30. The van der Waals surface area contributed by atoms with Gasteiger partial charge >= 0.3 is 0 Å². The third kappa shape index (κ3) is 3.65. The molecule has 2 atom stereocenters. The molecular weight excluding hydrogens is 141 g/mol. The highest BCUT2D eigenvalue weighted by atomic mass is 31.2. The van der Waals surface area contributed by atoms with Gasteiger partial charge in [-0.2, -0.15) is 0 Å². The molecule has 4 N–H and O–H groups in total. The van der Waals surface area contributed by atoms with Gasteiger partial charge in [-0.1, -0.05) is 0 Å². The Labute approximate surface area is 54.1 Å². The van der Waals surface area contributed by atoms with E-state index in [1.807, 2.05) is 0 Å². The maximum Gasteiger partial charge on any atom is 0.225 e. The Morgan fingerprint density at radius 2 is 2.22 bits per heavy atom. The Morgan fingerprint density at radius 3 is 2.33 bits per heavy atom. The van der Waals surface area contributed by atoms with E-state index < -0.39 is 13.2 Å². The smallest absolute Gasteiger partial charge is 0.225 e. The molecule has 0 aliphatic heterocycles. The van der Waals surface area contributed by atoms with E-state index in [1.165, 1.54) is 0 Å². The van der Waals surface area contributed by atoms with Gasteiger partial charge in [0, 0.05) is 6.66 Å². The molecule has 1 unspecified atom stereocenters. The van der Waals surface area contributed by atoms with Crippen molar-refractivity contribution in [3.05, 3.63) is 0 Å². The molecule has 0 fully saturated rings. The number of aliphatic hydroxyl groups is 1. The lowest BCUT2D eigenvalue weighted by Crippen LogP contribution is -2.12. The van der Waals surface area contributed by atoms with E-state index in [4.69, 9.17) is 15.7 Å². The molecule has 0 rings (SSSR count). The summed E-state index contributed by atoms with van der Waals surface area (Å²) < 4.78 is 10.6. The second-order valence-electron chi connectivity index (χ2n) is 2.00. The topological polar surface area (TPSA) is 83.5 Å². The first kappa shape index (κ1) is 9.11. The van der Waals surface area contributed by atoms with E-state index in [0.717, 1.165) is 6.66 Å². The summed E-state index contributed by atoms with van der Waals surface area (Å²) >= 11 is 0. The molecule has 5 heteroatoms. The summed E-state index contributed by atoms with van der Waals surface area (Å²) in [6.07, 6.45) is 0.185. The van der Waals surface area contributed by atoms with Gasteiger partial charge in [0.2, 0.25) is 7.37 Å². The number of nitrogens with two attached hydrogens (primary N) is 1. The van der Waals surface area contributed by atoms with Gasteiger partial charge in [0.25, 0.3) is 0 Å². The lowest BCUT2D eigenvalue weighted by atomic mass is 10.5. The van der Waals surface area contributed by atoms with Crippen LogP contribution >= 0.6 is 7.37 Å². The van der Waals surface area contributed by atoms with Crippen molar-refractivity contribution in [2.75, 3.05) is 13.2 Å².